The van der Waals surface area contributed by atoms with E-state index in [-0.39, 0.29) is 18.2 Å². The molecule has 0 aliphatic rings. The van der Waals surface area contributed by atoms with E-state index < -0.39 is 5.97 Å². The van der Waals surface area contributed by atoms with Crippen LogP contribution in [-0.4, -0.2) is 44.6 Å². The predicted octanol–water partition coefficient (Wildman–Crippen LogP) is 1.74. The number of carbonyl (C=O) groups is 1. The number of aromatic hydroxyl groups is 1. The molecule has 0 saturated carbocycles. The number of hydrogen-bond donors (Lipinski definition) is 3. The van der Waals surface area contributed by atoms with Gasteiger partial charge in [0.25, 0.3) is 0 Å². The molecule has 1 aromatic carbocycles. The highest BCUT2D eigenvalue weighted by Gasteiger charge is 2.16. The lowest BCUT2D eigenvalue weighted by atomic mass is 10.2. The summed E-state index contributed by atoms with van der Waals surface area (Å²) < 4.78 is 0. The summed E-state index contributed by atoms with van der Waals surface area (Å²) in [6.07, 6.45) is 0.0991. The first kappa shape index (κ1) is 13.4. The summed E-state index contributed by atoms with van der Waals surface area (Å²) in [5.41, 5.74) is 1.56. The molecule has 0 aliphatic heterocycles. The smallest absolute Gasteiger partial charge is 0.304 e. The summed E-state index contributed by atoms with van der Waals surface area (Å²) in [7, 11) is 1.86. The van der Waals surface area contributed by atoms with Crippen molar-refractivity contribution in [1.29, 1.82) is 0 Å². The first-order valence-corrected chi connectivity index (χ1v) is 6.08. The van der Waals surface area contributed by atoms with Crippen LogP contribution in [0.15, 0.2) is 18.2 Å². The highest BCUT2D eigenvalue weighted by atomic mass is 16.4. The van der Waals surface area contributed by atoms with Crippen molar-refractivity contribution in [2.24, 2.45) is 0 Å². The third-order valence-electron chi connectivity index (χ3n) is 3.22. The minimum atomic E-state index is -0.812. The van der Waals surface area contributed by atoms with Gasteiger partial charge in [-0.2, -0.15) is 0 Å². The van der Waals surface area contributed by atoms with Gasteiger partial charge < -0.3 is 15.2 Å². The Balaban J connectivity index is 2.16. The number of nitrogens with one attached hydrogen (secondary N) is 1. The normalized spacial score (nSPS) is 13.0. The number of aliphatic carboxylic acids is 1. The minimum absolute atomic E-state index is 0.0195. The summed E-state index contributed by atoms with van der Waals surface area (Å²) in [5.74, 6) is 0.136. The minimum Gasteiger partial charge on any atom is -0.508 e. The van der Waals surface area contributed by atoms with Crippen molar-refractivity contribution in [1.82, 2.24) is 14.9 Å². The Morgan fingerprint density at radius 3 is 2.95 bits per heavy atom. The van der Waals surface area contributed by atoms with Gasteiger partial charge in [0.1, 0.15) is 11.6 Å². The molecule has 0 aliphatic carbocycles. The zero-order valence-electron chi connectivity index (χ0n) is 10.9. The van der Waals surface area contributed by atoms with Crippen LogP contribution in [0.5, 0.6) is 5.75 Å². The first-order chi connectivity index (χ1) is 8.97. The van der Waals surface area contributed by atoms with Crippen LogP contribution in [0.4, 0.5) is 0 Å². The second-order valence-electron chi connectivity index (χ2n) is 4.62. The molecule has 6 nitrogen and oxygen atoms in total. The Bertz CT molecular complexity index is 594. The number of phenolic OH excluding ortho intramolecular Hbond substituents is 1. The number of rotatable bonds is 5. The number of fused-ring (bicyclic) bond motifs is 1. The number of H-pyrrole nitrogens is 1. The molecule has 2 rings (SSSR count). The monoisotopic (exact) mass is 263 g/mol. The average molecular weight is 263 g/mol. The van der Waals surface area contributed by atoms with Crippen molar-refractivity contribution >= 4 is 17.0 Å². The summed E-state index contributed by atoms with van der Waals surface area (Å²) >= 11 is 0. The van der Waals surface area contributed by atoms with Gasteiger partial charge in [-0.15, -0.1) is 0 Å². The Morgan fingerprint density at radius 1 is 1.53 bits per heavy atom. The van der Waals surface area contributed by atoms with Crippen LogP contribution in [0.1, 0.15) is 25.2 Å². The maximum atomic E-state index is 10.6. The highest BCUT2D eigenvalue weighted by molar-refractivity contribution is 5.76. The summed E-state index contributed by atoms with van der Waals surface area (Å²) in [5, 5.41) is 18.1. The van der Waals surface area contributed by atoms with Gasteiger partial charge in [0, 0.05) is 12.6 Å². The number of nitrogens with zero attached hydrogens (tertiary/aromatic N) is 2. The maximum Gasteiger partial charge on any atom is 0.304 e. The van der Waals surface area contributed by atoms with Gasteiger partial charge in [-0.1, -0.05) is 0 Å². The fourth-order valence-corrected chi connectivity index (χ4v) is 1.89. The van der Waals surface area contributed by atoms with Gasteiger partial charge in [-0.05, 0) is 26.1 Å². The van der Waals surface area contributed by atoms with Gasteiger partial charge in [0.2, 0.25) is 0 Å². The van der Waals surface area contributed by atoms with Crippen molar-refractivity contribution < 1.29 is 15.0 Å². The zero-order valence-corrected chi connectivity index (χ0v) is 10.9. The predicted molar refractivity (Wildman–Crippen MR) is 71.1 cm³/mol. The van der Waals surface area contributed by atoms with E-state index in [1.807, 2.05) is 18.9 Å². The van der Waals surface area contributed by atoms with Gasteiger partial charge in [-0.25, -0.2) is 4.98 Å². The summed E-state index contributed by atoms with van der Waals surface area (Å²) in [4.78, 5) is 20.1. The number of aromatic amines is 1. The van der Waals surface area contributed by atoms with Crippen molar-refractivity contribution in [3.05, 3.63) is 24.0 Å². The quantitative estimate of drug-likeness (QED) is 0.764. The molecule has 2 aromatic rings. The summed E-state index contributed by atoms with van der Waals surface area (Å²) in [6, 6.07) is 4.94. The van der Waals surface area contributed by atoms with Gasteiger partial charge in [-0.3, -0.25) is 9.69 Å². The van der Waals surface area contributed by atoms with E-state index in [9.17, 15) is 9.90 Å². The van der Waals surface area contributed by atoms with Crippen molar-refractivity contribution in [2.45, 2.75) is 19.4 Å². The topological polar surface area (TPSA) is 89.5 Å². The van der Waals surface area contributed by atoms with Crippen molar-refractivity contribution in [2.75, 3.05) is 13.6 Å². The van der Waals surface area contributed by atoms with E-state index in [4.69, 9.17) is 5.11 Å². The molecule has 0 bridgehead atoms. The number of carboxylic acid groups (broad SMARTS) is 1. The van der Waals surface area contributed by atoms with Crippen LogP contribution in [0, 0.1) is 0 Å². The molecule has 19 heavy (non-hydrogen) atoms. The van der Waals surface area contributed by atoms with E-state index >= 15 is 0 Å². The van der Waals surface area contributed by atoms with E-state index in [0.717, 1.165) is 16.9 Å². The fraction of sp³-hybridized carbons (Fsp3) is 0.385. The third-order valence-corrected chi connectivity index (χ3v) is 3.22. The molecule has 1 unspecified atom stereocenters. The number of benzene rings is 1. The molecular weight excluding hydrogens is 246 g/mol. The number of hydrogen-bond acceptors (Lipinski definition) is 4. The Morgan fingerprint density at radius 2 is 2.26 bits per heavy atom. The molecule has 102 valence electrons. The SMILES string of the molecule is CC(c1nc2ccc(O)cc2[nH]1)N(C)CCC(=O)O. The number of imidazole rings is 1. The maximum absolute atomic E-state index is 10.6. The third kappa shape index (κ3) is 3.03. The van der Waals surface area contributed by atoms with Gasteiger partial charge >= 0.3 is 5.97 Å². The van der Waals surface area contributed by atoms with E-state index in [1.54, 1.807) is 18.2 Å². The standard InChI is InChI=1S/C13H17N3O3/c1-8(16(2)6-5-12(18)19)13-14-10-4-3-9(17)7-11(10)15-13/h3-4,7-8,17H,5-6H2,1-2H3,(H,14,15)(H,18,19). The lowest BCUT2D eigenvalue weighted by Crippen LogP contribution is -2.25. The molecule has 0 amide bonds. The summed E-state index contributed by atoms with van der Waals surface area (Å²) in [6.45, 7) is 2.41. The van der Waals surface area contributed by atoms with Crippen LogP contribution in [0.25, 0.3) is 11.0 Å². The molecule has 1 aromatic heterocycles. The second kappa shape index (κ2) is 5.27. The van der Waals surface area contributed by atoms with E-state index in [0.29, 0.717) is 6.54 Å². The molecule has 0 spiro atoms. The van der Waals surface area contributed by atoms with E-state index in [2.05, 4.69) is 9.97 Å². The molecule has 0 fully saturated rings. The Hall–Kier alpha value is -2.08. The van der Waals surface area contributed by atoms with Crippen LogP contribution < -0.4 is 0 Å². The zero-order chi connectivity index (χ0) is 14.0. The van der Waals surface area contributed by atoms with Crippen LogP contribution in [-0.2, 0) is 4.79 Å². The molecule has 0 radical (unpaired) electrons. The fourth-order valence-electron chi connectivity index (χ4n) is 1.89. The molecule has 1 atom stereocenters. The lowest BCUT2D eigenvalue weighted by Gasteiger charge is -2.21. The average Bonchev–Trinajstić information content (AvgIpc) is 2.77. The molecule has 1 heterocycles. The molecule has 6 heteroatoms. The molecule has 0 saturated heterocycles. The largest absolute Gasteiger partial charge is 0.508 e. The van der Waals surface area contributed by atoms with Gasteiger partial charge in [0.05, 0.1) is 23.5 Å². The Labute approximate surface area is 110 Å². The van der Waals surface area contributed by atoms with Crippen LogP contribution in [0.3, 0.4) is 0 Å². The van der Waals surface area contributed by atoms with Crippen LogP contribution in [0.2, 0.25) is 0 Å². The molecular formula is C13H17N3O3. The Kier molecular flexibility index (Phi) is 3.71. The molecule has 3 N–H and O–H groups in total. The number of phenols is 1. The highest BCUT2D eigenvalue weighted by Crippen LogP contribution is 2.22. The second-order valence-corrected chi connectivity index (χ2v) is 4.62. The number of carboxylic acids is 1. The van der Waals surface area contributed by atoms with Crippen molar-refractivity contribution in [3.63, 3.8) is 0 Å². The number of aromatic nitrogens is 2. The lowest BCUT2D eigenvalue weighted by molar-refractivity contribution is -0.137. The van der Waals surface area contributed by atoms with Gasteiger partial charge in [0.15, 0.2) is 0 Å². The van der Waals surface area contributed by atoms with Crippen molar-refractivity contribution in [3.8, 4) is 5.75 Å². The first-order valence-electron chi connectivity index (χ1n) is 6.08. The van der Waals surface area contributed by atoms with E-state index in [1.165, 1.54) is 0 Å². The van der Waals surface area contributed by atoms with Crippen LogP contribution >= 0.6 is 0 Å².